The van der Waals surface area contributed by atoms with Gasteiger partial charge in [-0.2, -0.15) is 0 Å². The zero-order valence-electron chi connectivity index (χ0n) is 10.2. The van der Waals surface area contributed by atoms with Gasteiger partial charge in [0, 0.05) is 13.2 Å². The van der Waals surface area contributed by atoms with Gasteiger partial charge < -0.3 is 9.67 Å². The van der Waals surface area contributed by atoms with Crippen LogP contribution in [0.3, 0.4) is 0 Å². The summed E-state index contributed by atoms with van der Waals surface area (Å²) in [5.74, 6) is -0.119. The second-order valence-corrected chi connectivity index (χ2v) is 4.65. The molecule has 0 atom stereocenters. The highest BCUT2D eigenvalue weighted by molar-refractivity contribution is 5.85. The van der Waals surface area contributed by atoms with E-state index < -0.39 is 5.97 Å². The fourth-order valence-electron chi connectivity index (χ4n) is 2.25. The smallest absolute Gasteiger partial charge is 0.356 e. The average molecular weight is 237 g/mol. The number of carboxylic acid groups (broad SMARTS) is 1. The van der Waals surface area contributed by atoms with E-state index in [1.165, 1.54) is 25.7 Å². The average Bonchev–Trinajstić information content (AvgIpc) is 2.52. The summed E-state index contributed by atoms with van der Waals surface area (Å²) in [7, 11) is 1.85. The van der Waals surface area contributed by atoms with Crippen molar-refractivity contribution < 1.29 is 9.90 Å². The lowest BCUT2D eigenvalue weighted by atomic mass is 10.2. The zero-order valence-corrected chi connectivity index (χ0v) is 10.2. The molecular formula is C12H19N3O2. The largest absolute Gasteiger partial charge is 0.476 e. The quantitative estimate of drug-likeness (QED) is 0.865. The number of likely N-dealkylation sites (tertiary alicyclic amines) is 1. The van der Waals surface area contributed by atoms with Gasteiger partial charge in [-0.1, -0.05) is 12.8 Å². The van der Waals surface area contributed by atoms with E-state index in [4.69, 9.17) is 5.11 Å². The topological polar surface area (TPSA) is 58.4 Å². The number of hydrogen-bond acceptors (Lipinski definition) is 3. The minimum absolute atomic E-state index is 0.136. The van der Waals surface area contributed by atoms with E-state index in [-0.39, 0.29) is 5.69 Å². The summed E-state index contributed by atoms with van der Waals surface area (Å²) >= 11 is 0. The summed E-state index contributed by atoms with van der Waals surface area (Å²) in [6.07, 6.45) is 6.65. The van der Waals surface area contributed by atoms with Crippen LogP contribution in [0.5, 0.6) is 0 Å². The summed E-state index contributed by atoms with van der Waals surface area (Å²) in [5.41, 5.74) is 0.136. The number of hydrogen-bond donors (Lipinski definition) is 1. The molecule has 0 radical (unpaired) electrons. The van der Waals surface area contributed by atoms with Crippen LogP contribution in [0.4, 0.5) is 0 Å². The van der Waals surface area contributed by atoms with E-state index >= 15 is 0 Å². The van der Waals surface area contributed by atoms with Crippen LogP contribution in [0, 0.1) is 0 Å². The molecule has 2 heterocycles. The third kappa shape index (κ3) is 3.06. The van der Waals surface area contributed by atoms with Gasteiger partial charge in [0.2, 0.25) is 0 Å². The van der Waals surface area contributed by atoms with Gasteiger partial charge in [0.25, 0.3) is 0 Å². The zero-order chi connectivity index (χ0) is 12.3. The Labute approximate surface area is 101 Å². The Bertz CT molecular complexity index is 392. The summed E-state index contributed by atoms with van der Waals surface area (Å²) in [4.78, 5) is 17.3. The Hall–Kier alpha value is -1.36. The van der Waals surface area contributed by atoms with Crippen LogP contribution in [0.1, 0.15) is 42.0 Å². The van der Waals surface area contributed by atoms with Gasteiger partial charge in [-0.25, -0.2) is 9.78 Å². The molecule has 1 N–H and O–H groups in total. The molecule has 0 aromatic carbocycles. The monoisotopic (exact) mass is 237 g/mol. The fraction of sp³-hybridized carbons (Fsp3) is 0.667. The van der Waals surface area contributed by atoms with Gasteiger partial charge >= 0.3 is 5.97 Å². The molecule has 1 aromatic heterocycles. The fourth-order valence-corrected chi connectivity index (χ4v) is 2.25. The predicted molar refractivity (Wildman–Crippen MR) is 63.9 cm³/mol. The minimum Gasteiger partial charge on any atom is -0.476 e. The Morgan fingerprint density at radius 1 is 1.35 bits per heavy atom. The van der Waals surface area contributed by atoms with Crippen molar-refractivity contribution in [2.24, 2.45) is 7.05 Å². The lowest BCUT2D eigenvalue weighted by Gasteiger charge is -2.18. The first kappa shape index (κ1) is 12.1. The van der Waals surface area contributed by atoms with E-state index in [0.717, 1.165) is 25.5 Å². The van der Waals surface area contributed by atoms with E-state index in [0.29, 0.717) is 0 Å². The third-order valence-corrected chi connectivity index (χ3v) is 3.26. The second-order valence-electron chi connectivity index (χ2n) is 4.65. The van der Waals surface area contributed by atoms with Crippen molar-refractivity contribution in [3.63, 3.8) is 0 Å². The molecule has 0 unspecified atom stereocenters. The number of aromatic nitrogens is 2. The summed E-state index contributed by atoms with van der Waals surface area (Å²) in [6.45, 7) is 2.94. The van der Waals surface area contributed by atoms with Crippen molar-refractivity contribution in [3.8, 4) is 0 Å². The molecule has 1 aromatic rings. The number of nitrogens with zero attached hydrogens (tertiary/aromatic N) is 3. The summed E-state index contributed by atoms with van der Waals surface area (Å²) < 4.78 is 1.81. The Morgan fingerprint density at radius 3 is 2.53 bits per heavy atom. The molecule has 0 bridgehead atoms. The van der Waals surface area contributed by atoms with Crippen molar-refractivity contribution in [1.29, 1.82) is 0 Å². The lowest BCUT2D eigenvalue weighted by molar-refractivity contribution is 0.0690. The molecule has 1 fully saturated rings. The Kier molecular flexibility index (Phi) is 3.78. The molecule has 17 heavy (non-hydrogen) atoms. The molecule has 0 spiro atoms. The van der Waals surface area contributed by atoms with E-state index in [1.54, 1.807) is 6.20 Å². The van der Waals surface area contributed by atoms with Crippen LogP contribution < -0.4 is 0 Å². The van der Waals surface area contributed by atoms with Crippen molar-refractivity contribution >= 4 is 5.97 Å². The van der Waals surface area contributed by atoms with Gasteiger partial charge in [-0.3, -0.25) is 4.90 Å². The molecule has 94 valence electrons. The van der Waals surface area contributed by atoms with Gasteiger partial charge in [0.05, 0.1) is 6.54 Å². The molecule has 1 aliphatic rings. The SMILES string of the molecule is Cn1cc(C(=O)O)nc1CN1CCCCCC1. The van der Waals surface area contributed by atoms with Crippen LogP contribution >= 0.6 is 0 Å². The number of rotatable bonds is 3. The minimum atomic E-state index is -0.956. The number of carboxylic acids is 1. The highest BCUT2D eigenvalue weighted by atomic mass is 16.4. The normalized spacial score (nSPS) is 17.9. The van der Waals surface area contributed by atoms with Crippen LogP contribution in [-0.2, 0) is 13.6 Å². The molecule has 1 aliphatic heterocycles. The van der Waals surface area contributed by atoms with Gasteiger partial charge in [-0.05, 0) is 25.9 Å². The first-order chi connectivity index (χ1) is 8.16. The molecule has 0 saturated carbocycles. The predicted octanol–water partition coefficient (Wildman–Crippen LogP) is 1.49. The maximum Gasteiger partial charge on any atom is 0.356 e. The molecule has 1 saturated heterocycles. The number of imidazole rings is 1. The maximum absolute atomic E-state index is 10.8. The molecule has 5 nitrogen and oxygen atoms in total. The van der Waals surface area contributed by atoms with E-state index in [2.05, 4.69) is 9.88 Å². The third-order valence-electron chi connectivity index (χ3n) is 3.26. The summed E-state index contributed by atoms with van der Waals surface area (Å²) in [6, 6.07) is 0. The lowest BCUT2D eigenvalue weighted by Crippen LogP contribution is -2.25. The second kappa shape index (κ2) is 5.31. The molecule has 0 amide bonds. The first-order valence-electron chi connectivity index (χ1n) is 6.14. The first-order valence-corrected chi connectivity index (χ1v) is 6.14. The Morgan fingerprint density at radius 2 is 2.00 bits per heavy atom. The van der Waals surface area contributed by atoms with Gasteiger partial charge in [0.1, 0.15) is 5.82 Å². The number of aryl methyl sites for hydroxylation is 1. The van der Waals surface area contributed by atoms with E-state index in [9.17, 15) is 4.79 Å². The Balaban J connectivity index is 2.04. The van der Waals surface area contributed by atoms with Gasteiger partial charge in [-0.15, -0.1) is 0 Å². The van der Waals surface area contributed by atoms with E-state index in [1.807, 2.05) is 11.6 Å². The highest BCUT2D eigenvalue weighted by Crippen LogP contribution is 2.13. The molecule has 5 heteroatoms. The van der Waals surface area contributed by atoms with Crippen LogP contribution in [0.2, 0.25) is 0 Å². The van der Waals surface area contributed by atoms with Crippen molar-refractivity contribution in [2.45, 2.75) is 32.2 Å². The maximum atomic E-state index is 10.8. The molecule has 2 rings (SSSR count). The van der Waals surface area contributed by atoms with Crippen LogP contribution in [0.25, 0.3) is 0 Å². The molecule has 0 aliphatic carbocycles. The molecular weight excluding hydrogens is 218 g/mol. The van der Waals surface area contributed by atoms with Crippen molar-refractivity contribution in [2.75, 3.05) is 13.1 Å². The van der Waals surface area contributed by atoms with Crippen molar-refractivity contribution in [3.05, 3.63) is 17.7 Å². The van der Waals surface area contributed by atoms with Crippen molar-refractivity contribution in [1.82, 2.24) is 14.5 Å². The number of aromatic carboxylic acids is 1. The summed E-state index contributed by atoms with van der Waals surface area (Å²) in [5, 5.41) is 8.88. The van der Waals surface area contributed by atoms with Crippen LogP contribution in [0.15, 0.2) is 6.20 Å². The standard InChI is InChI=1S/C12H19N3O2/c1-14-8-10(12(16)17)13-11(14)9-15-6-4-2-3-5-7-15/h8H,2-7,9H2,1H3,(H,16,17). The highest BCUT2D eigenvalue weighted by Gasteiger charge is 2.15. The van der Waals surface area contributed by atoms with Gasteiger partial charge in [0.15, 0.2) is 5.69 Å². The van der Waals surface area contributed by atoms with Crippen LogP contribution in [-0.4, -0.2) is 38.6 Å². The number of carbonyl (C=O) groups is 1.